The Labute approximate surface area is 78.8 Å². The van der Waals surface area contributed by atoms with Crippen molar-refractivity contribution in [1.29, 1.82) is 0 Å². The summed E-state index contributed by atoms with van der Waals surface area (Å²) >= 11 is 0. The highest BCUT2D eigenvalue weighted by atomic mass is 16.6. The zero-order chi connectivity index (χ0) is 9.31. The summed E-state index contributed by atoms with van der Waals surface area (Å²) in [4.78, 5) is 11.2. The summed E-state index contributed by atoms with van der Waals surface area (Å²) in [5, 5.41) is 2.77. The van der Waals surface area contributed by atoms with Gasteiger partial charge in [-0.1, -0.05) is 6.92 Å². The standard InChI is InChI=1S/C10H17NO2/c1-2-8-7-11-9(12)13-10(8)5-3-4-6-10/h8H,2-7H2,1H3,(H,11,12). The molecule has 2 aliphatic rings. The summed E-state index contributed by atoms with van der Waals surface area (Å²) in [6.45, 7) is 2.97. The molecule has 0 bridgehead atoms. The minimum Gasteiger partial charge on any atom is -0.443 e. The normalized spacial score (nSPS) is 31.5. The number of carbonyl (C=O) groups excluding carboxylic acids is 1. The fourth-order valence-electron chi connectivity index (χ4n) is 2.70. The molecule has 1 aliphatic carbocycles. The molecule has 0 aromatic heterocycles. The molecule has 1 saturated carbocycles. The molecule has 1 atom stereocenters. The summed E-state index contributed by atoms with van der Waals surface area (Å²) in [5.74, 6) is 0.521. The Kier molecular flexibility index (Phi) is 2.18. The van der Waals surface area contributed by atoms with E-state index in [2.05, 4.69) is 12.2 Å². The van der Waals surface area contributed by atoms with Gasteiger partial charge in [0, 0.05) is 12.5 Å². The van der Waals surface area contributed by atoms with Crippen LogP contribution in [0.5, 0.6) is 0 Å². The first-order valence-electron chi connectivity index (χ1n) is 5.24. The van der Waals surface area contributed by atoms with Crippen molar-refractivity contribution in [3.05, 3.63) is 0 Å². The molecule has 3 nitrogen and oxygen atoms in total. The van der Waals surface area contributed by atoms with Crippen LogP contribution in [0.15, 0.2) is 0 Å². The minimum absolute atomic E-state index is 0.100. The van der Waals surface area contributed by atoms with E-state index in [1.807, 2.05) is 0 Å². The molecule has 1 aliphatic heterocycles. The van der Waals surface area contributed by atoms with Crippen molar-refractivity contribution < 1.29 is 9.53 Å². The van der Waals surface area contributed by atoms with Crippen LogP contribution in [0.1, 0.15) is 39.0 Å². The van der Waals surface area contributed by atoms with Gasteiger partial charge in [-0.15, -0.1) is 0 Å². The molecule has 1 saturated heterocycles. The molecule has 1 N–H and O–H groups in total. The molecule has 3 heteroatoms. The van der Waals surface area contributed by atoms with Gasteiger partial charge in [-0.25, -0.2) is 4.79 Å². The summed E-state index contributed by atoms with van der Waals surface area (Å²) in [6.07, 6.45) is 5.44. The van der Waals surface area contributed by atoms with Crippen LogP contribution in [0.2, 0.25) is 0 Å². The van der Waals surface area contributed by atoms with E-state index < -0.39 is 0 Å². The highest BCUT2D eigenvalue weighted by Gasteiger charge is 2.46. The summed E-state index contributed by atoms with van der Waals surface area (Å²) in [6, 6.07) is 0. The smallest absolute Gasteiger partial charge is 0.407 e. The zero-order valence-electron chi connectivity index (χ0n) is 8.14. The Balaban J connectivity index is 2.14. The van der Waals surface area contributed by atoms with E-state index in [1.165, 1.54) is 12.8 Å². The molecule has 0 radical (unpaired) electrons. The van der Waals surface area contributed by atoms with Gasteiger partial charge in [0.2, 0.25) is 0 Å². The Morgan fingerprint density at radius 1 is 1.54 bits per heavy atom. The van der Waals surface area contributed by atoms with Crippen LogP contribution in [0.3, 0.4) is 0 Å². The van der Waals surface area contributed by atoms with Crippen LogP contribution in [0, 0.1) is 5.92 Å². The molecule has 1 heterocycles. The second kappa shape index (κ2) is 3.20. The lowest BCUT2D eigenvalue weighted by Gasteiger charge is -2.40. The van der Waals surface area contributed by atoms with E-state index in [1.54, 1.807) is 0 Å². The number of hydrogen-bond acceptors (Lipinski definition) is 2. The van der Waals surface area contributed by atoms with Gasteiger partial charge >= 0.3 is 6.09 Å². The highest BCUT2D eigenvalue weighted by Crippen LogP contribution is 2.42. The van der Waals surface area contributed by atoms with E-state index in [4.69, 9.17) is 4.74 Å². The predicted molar refractivity (Wildman–Crippen MR) is 49.5 cm³/mol. The van der Waals surface area contributed by atoms with Gasteiger partial charge in [0.05, 0.1) is 0 Å². The topological polar surface area (TPSA) is 38.3 Å². The zero-order valence-corrected chi connectivity index (χ0v) is 8.14. The first-order chi connectivity index (χ1) is 6.27. The van der Waals surface area contributed by atoms with Gasteiger partial charge in [0.1, 0.15) is 5.60 Å². The molecule has 2 rings (SSSR count). The van der Waals surface area contributed by atoms with Crippen molar-refractivity contribution in [1.82, 2.24) is 5.32 Å². The lowest BCUT2D eigenvalue weighted by molar-refractivity contribution is -0.0511. The number of alkyl carbamates (subject to hydrolysis) is 1. The fraction of sp³-hybridized carbons (Fsp3) is 0.900. The molecule has 1 unspecified atom stereocenters. The van der Waals surface area contributed by atoms with Crippen molar-refractivity contribution in [3.8, 4) is 0 Å². The Morgan fingerprint density at radius 2 is 2.23 bits per heavy atom. The van der Waals surface area contributed by atoms with E-state index in [0.717, 1.165) is 25.8 Å². The van der Waals surface area contributed by atoms with Crippen molar-refractivity contribution in [3.63, 3.8) is 0 Å². The molecule has 1 amide bonds. The molecule has 0 aromatic carbocycles. The Hall–Kier alpha value is -0.730. The Bertz CT molecular complexity index is 209. The molecule has 2 fully saturated rings. The van der Waals surface area contributed by atoms with E-state index in [-0.39, 0.29) is 11.7 Å². The van der Waals surface area contributed by atoms with Crippen molar-refractivity contribution in [2.75, 3.05) is 6.54 Å². The molecule has 0 aromatic rings. The third kappa shape index (κ3) is 1.40. The van der Waals surface area contributed by atoms with Gasteiger partial charge < -0.3 is 10.1 Å². The largest absolute Gasteiger partial charge is 0.443 e. The van der Waals surface area contributed by atoms with Crippen molar-refractivity contribution in [2.45, 2.75) is 44.6 Å². The fourth-order valence-corrected chi connectivity index (χ4v) is 2.70. The van der Waals surface area contributed by atoms with Crippen molar-refractivity contribution in [2.24, 2.45) is 5.92 Å². The lowest BCUT2D eigenvalue weighted by atomic mass is 9.83. The summed E-state index contributed by atoms with van der Waals surface area (Å²) < 4.78 is 5.49. The van der Waals surface area contributed by atoms with Crippen LogP contribution in [-0.4, -0.2) is 18.2 Å². The van der Waals surface area contributed by atoms with Crippen molar-refractivity contribution >= 4 is 6.09 Å². The van der Waals surface area contributed by atoms with Gasteiger partial charge in [0.25, 0.3) is 0 Å². The van der Waals surface area contributed by atoms with Crippen LogP contribution >= 0.6 is 0 Å². The monoisotopic (exact) mass is 183 g/mol. The number of rotatable bonds is 1. The molecular weight excluding hydrogens is 166 g/mol. The predicted octanol–water partition coefficient (Wildman–Crippen LogP) is 2.07. The summed E-state index contributed by atoms with van der Waals surface area (Å²) in [7, 11) is 0. The van der Waals surface area contributed by atoms with Crippen LogP contribution < -0.4 is 5.32 Å². The first kappa shape index (κ1) is 8.85. The number of carbonyl (C=O) groups is 1. The molecule has 13 heavy (non-hydrogen) atoms. The number of hydrogen-bond donors (Lipinski definition) is 1. The SMILES string of the molecule is CCC1CNC(=O)OC12CCCC2. The minimum atomic E-state index is -0.216. The number of amides is 1. The van der Waals surface area contributed by atoms with Crippen LogP contribution in [0.4, 0.5) is 4.79 Å². The van der Waals surface area contributed by atoms with Crippen LogP contribution in [-0.2, 0) is 4.74 Å². The van der Waals surface area contributed by atoms with Gasteiger partial charge in [-0.05, 0) is 32.1 Å². The highest BCUT2D eigenvalue weighted by molar-refractivity contribution is 5.68. The maximum absolute atomic E-state index is 11.2. The van der Waals surface area contributed by atoms with E-state index >= 15 is 0 Å². The first-order valence-corrected chi connectivity index (χ1v) is 5.24. The molecule has 1 spiro atoms. The maximum Gasteiger partial charge on any atom is 0.407 e. The third-order valence-electron chi connectivity index (χ3n) is 3.48. The second-order valence-electron chi connectivity index (χ2n) is 4.15. The quantitative estimate of drug-likeness (QED) is 0.675. The maximum atomic E-state index is 11.2. The van der Waals surface area contributed by atoms with Gasteiger partial charge in [0.15, 0.2) is 0 Å². The summed E-state index contributed by atoms with van der Waals surface area (Å²) in [5.41, 5.74) is -0.100. The molecule has 74 valence electrons. The van der Waals surface area contributed by atoms with Gasteiger partial charge in [-0.3, -0.25) is 0 Å². The third-order valence-corrected chi connectivity index (χ3v) is 3.48. The number of nitrogens with one attached hydrogen (secondary N) is 1. The second-order valence-corrected chi connectivity index (χ2v) is 4.15. The van der Waals surface area contributed by atoms with Gasteiger partial charge in [-0.2, -0.15) is 0 Å². The van der Waals surface area contributed by atoms with Crippen LogP contribution in [0.25, 0.3) is 0 Å². The average Bonchev–Trinajstić information content (AvgIpc) is 2.54. The average molecular weight is 183 g/mol. The number of ether oxygens (including phenoxy) is 1. The lowest BCUT2D eigenvalue weighted by Crippen LogP contribution is -2.52. The molecular formula is C10H17NO2. The Morgan fingerprint density at radius 3 is 2.85 bits per heavy atom. The van der Waals surface area contributed by atoms with E-state index in [9.17, 15) is 4.79 Å². The van der Waals surface area contributed by atoms with E-state index in [0.29, 0.717) is 5.92 Å².